The second-order valence-electron chi connectivity index (χ2n) is 4.90. The maximum Gasteiger partial charge on any atom is 0.417 e. The Morgan fingerprint density at radius 1 is 1.30 bits per heavy atom. The molecule has 0 aromatic carbocycles. The minimum Gasteiger partial charge on any atom is -0.367 e. The predicted octanol–water partition coefficient (Wildman–Crippen LogP) is 3.54. The van der Waals surface area contributed by atoms with Gasteiger partial charge in [0.15, 0.2) is 0 Å². The molecule has 2 aromatic heterocycles. The van der Waals surface area contributed by atoms with Crippen LogP contribution in [0.5, 0.6) is 0 Å². The number of aromatic nitrogens is 2. The standard InChI is InChI=1S/C13H14F3N3O/c1-7(2)5-9-11(19-20-12(9)17)10-4-3-8(6-18-10)13(14,15)16/h3-4,6-7H,5,17H2,1-2H3. The minimum absolute atomic E-state index is 0.176. The summed E-state index contributed by atoms with van der Waals surface area (Å²) in [5.74, 6) is 0.486. The topological polar surface area (TPSA) is 64.9 Å². The van der Waals surface area contributed by atoms with Gasteiger partial charge in [-0.3, -0.25) is 4.98 Å². The van der Waals surface area contributed by atoms with E-state index in [0.717, 1.165) is 12.3 Å². The van der Waals surface area contributed by atoms with E-state index in [2.05, 4.69) is 10.1 Å². The fourth-order valence-corrected chi connectivity index (χ4v) is 1.83. The number of anilines is 1. The van der Waals surface area contributed by atoms with E-state index < -0.39 is 11.7 Å². The largest absolute Gasteiger partial charge is 0.417 e. The van der Waals surface area contributed by atoms with Crippen LogP contribution in [-0.4, -0.2) is 10.1 Å². The van der Waals surface area contributed by atoms with Gasteiger partial charge in [-0.1, -0.05) is 19.0 Å². The molecule has 0 unspecified atom stereocenters. The second-order valence-corrected chi connectivity index (χ2v) is 4.90. The molecule has 2 aromatic rings. The Kier molecular flexibility index (Phi) is 3.69. The molecule has 2 rings (SSSR count). The van der Waals surface area contributed by atoms with Crippen molar-refractivity contribution in [1.82, 2.24) is 10.1 Å². The van der Waals surface area contributed by atoms with E-state index in [0.29, 0.717) is 29.3 Å². The number of nitrogens with zero attached hydrogens (tertiary/aromatic N) is 2. The third-order valence-electron chi connectivity index (χ3n) is 2.76. The SMILES string of the molecule is CC(C)Cc1c(-c2ccc(C(F)(F)F)cn2)noc1N. The Bertz CT molecular complexity index is 588. The maximum atomic E-state index is 12.5. The summed E-state index contributed by atoms with van der Waals surface area (Å²) in [6.07, 6.45) is -3.01. The molecule has 0 saturated carbocycles. The lowest BCUT2D eigenvalue weighted by atomic mass is 10.0. The van der Waals surface area contributed by atoms with Crippen molar-refractivity contribution in [2.75, 3.05) is 5.73 Å². The molecule has 0 aliphatic rings. The van der Waals surface area contributed by atoms with Gasteiger partial charge < -0.3 is 10.3 Å². The average Bonchev–Trinajstić information content (AvgIpc) is 2.70. The number of hydrogen-bond acceptors (Lipinski definition) is 4. The molecule has 2 N–H and O–H groups in total. The number of alkyl halides is 3. The molecule has 0 aliphatic heterocycles. The molecule has 4 nitrogen and oxygen atoms in total. The van der Waals surface area contributed by atoms with Gasteiger partial charge in [0.1, 0.15) is 5.69 Å². The van der Waals surface area contributed by atoms with Crippen LogP contribution in [0.2, 0.25) is 0 Å². The van der Waals surface area contributed by atoms with Crippen LogP contribution >= 0.6 is 0 Å². The minimum atomic E-state index is -4.41. The molecule has 0 radical (unpaired) electrons. The van der Waals surface area contributed by atoms with Crippen molar-refractivity contribution in [1.29, 1.82) is 0 Å². The molecule has 20 heavy (non-hydrogen) atoms. The third kappa shape index (κ3) is 2.92. The van der Waals surface area contributed by atoms with Crippen LogP contribution in [0.15, 0.2) is 22.9 Å². The summed E-state index contributed by atoms with van der Waals surface area (Å²) >= 11 is 0. The van der Waals surface area contributed by atoms with Gasteiger partial charge in [-0.2, -0.15) is 13.2 Å². The molecule has 0 fully saturated rings. The van der Waals surface area contributed by atoms with Gasteiger partial charge in [-0.25, -0.2) is 0 Å². The Balaban J connectivity index is 2.37. The van der Waals surface area contributed by atoms with Gasteiger partial charge in [0.2, 0.25) is 5.88 Å². The van der Waals surface area contributed by atoms with Crippen LogP contribution in [0.1, 0.15) is 25.0 Å². The van der Waals surface area contributed by atoms with Crippen LogP contribution in [0.25, 0.3) is 11.4 Å². The molecule has 0 bridgehead atoms. The summed E-state index contributed by atoms with van der Waals surface area (Å²) in [6, 6.07) is 2.23. The molecule has 0 atom stereocenters. The van der Waals surface area contributed by atoms with Gasteiger partial charge in [0.05, 0.1) is 11.3 Å². The highest BCUT2D eigenvalue weighted by molar-refractivity contribution is 5.63. The summed E-state index contributed by atoms with van der Waals surface area (Å²) in [6.45, 7) is 3.99. The lowest BCUT2D eigenvalue weighted by molar-refractivity contribution is -0.137. The molecule has 108 valence electrons. The maximum absolute atomic E-state index is 12.5. The van der Waals surface area contributed by atoms with Crippen molar-refractivity contribution in [2.24, 2.45) is 5.92 Å². The van der Waals surface area contributed by atoms with E-state index in [1.54, 1.807) is 0 Å². The predicted molar refractivity (Wildman–Crippen MR) is 67.7 cm³/mol. The summed E-state index contributed by atoms with van der Waals surface area (Å²) in [4.78, 5) is 3.80. The van der Waals surface area contributed by atoms with Crippen LogP contribution in [0, 0.1) is 5.92 Å². The van der Waals surface area contributed by atoms with E-state index >= 15 is 0 Å². The number of halogens is 3. The number of nitrogens with two attached hydrogens (primary N) is 1. The summed E-state index contributed by atoms with van der Waals surface area (Å²) < 4.78 is 42.4. The van der Waals surface area contributed by atoms with Gasteiger partial charge >= 0.3 is 6.18 Å². The Labute approximate surface area is 113 Å². The van der Waals surface area contributed by atoms with Crippen LogP contribution in [-0.2, 0) is 12.6 Å². The van der Waals surface area contributed by atoms with Crippen molar-refractivity contribution in [3.05, 3.63) is 29.5 Å². The quantitative estimate of drug-likeness (QED) is 0.936. The van der Waals surface area contributed by atoms with Gasteiger partial charge in [0, 0.05) is 11.8 Å². The molecule has 0 spiro atoms. The summed E-state index contributed by atoms with van der Waals surface area (Å²) in [5.41, 5.74) is 6.27. The molecule has 2 heterocycles. The molecular weight excluding hydrogens is 271 g/mol. The summed E-state index contributed by atoms with van der Waals surface area (Å²) in [5, 5.41) is 3.79. The van der Waals surface area contributed by atoms with Crippen LogP contribution in [0.3, 0.4) is 0 Å². The number of pyridine rings is 1. The molecule has 7 heteroatoms. The van der Waals surface area contributed by atoms with Gasteiger partial charge in [-0.15, -0.1) is 0 Å². The van der Waals surface area contributed by atoms with E-state index in [-0.39, 0.29) is 5.88 Å². The molecule has 0 amide bonds. The highest BCUT2D eigenvalue weighted by atomic mass is 19.4. The Hall–Kier alpha value is -2.05. The first kappa shape index (κ1) is 14.4. The first-order chi connectivity index (χ1) is 9.29. The Morgan fingerprint density at radius 3 is 2.50 bits per heavy atom. The average molecular weight is 285 g/mol. The van der Waals surface area contributed by atoms with E-state index in [1.165, 1.54) is 6.07 Å². The van der Waals surface area contributed by atoms with E-state index in [4.69, 9.17) is 10.3 Å². The van der Waals surface area contributed by atoms with Crippen molar-refractivity contribution in [3.8, 4) is 11.4 Å². The molecule has 0 aliphatic carbocycles. The molecule has 0 saturated heterocycles. The zero-order valence-electron chi connectivity index (χ0n) is 11.0. The highest BCUT2D eigenvalue weighted by Crippen LogP contribution is 2.31. The third-order valence-corrected chi connectivity index (χ3v) is 2.76. The normalized spacial score (nSPS) is 12.1. The zero-order chi connectivity index (χ0) is 14.9. The fraction of sp³-hybridized carbons (Fsp3) is 0.385. The zero-order valence-corrected chi connectivity index (χ0v) is 11.0. The monoisotopic (exact) mass is 285 g/mol. The first-order valence-corrected chi connectivity index (χ1v) is 6.06. The smallest absolute Gasteiger partial charge is 0.367 e. The van der Waals surface area contributed by atoms with Gasteiger partial charge in [0.25, 0.3) is 0 Å². The first-order valence-electron chi connectivity index (χ1n) is 6.06. The fourth-order valence-electron chi connectivity index (χ4n) is 1.83. The number of nitrogen functional groups attached to an aromatic ring is 1. The van der Waals surface area contributed by atoms with Crippen molar-refractivity contribution in [3.63, 3.8) is 0 Å². The van der Waals surface area contributed by atoms with E-state index in [1.807, 2.05) is 13.8 Å². The van der Waals surface area contributed by atoms with Crippen LogP contribution in [0.4, 0.5) is 19.1 Å². The number of hydrogen-bond donors (Lipinski definition) is 1. The van der Waals surface area contributed by atoms with Gasteiger partial charge in [-0.05, 0) is 24.5 Å². The van der Waals surface area contributed by atoms with E-state index in [9.17, 15) is 13.2 Å². The van der Waals surface area contributed by atoms with Crippen LogP contribution < -0.4 is 5.73 Å². The lowest BCUT2D eigenvalue weighted by Gasteiger charge is -2.07. The number of rotatable bonds is 3. The van der Waals surface area contributed by atoms with Crippen molar-refractivity contribution >= 4 is 5.88 Å². The van der Waals surface area contributed by atoms with Crippen molar-refractivity contribution < 1.29 is 17.7 Å². The summed E-state index contributed by atoms with van der Waals surface area (Å²) in [7, 11) is 0. The highest BCUT2D eigenvalue weighted by Gasteiger charge is 2.31. The lowest BCUT2D eigenvalue weighted by Crippen LogP contribution is -2.05. The second kappa shape index (κ2) is 5.15. The molecular formula is C13H14F3N3O. The Morgan fingerprint density at radius 2 is 2.00 bits per heavy atom. The van der Waals surface area contributed by atoms with Crippen molar-refractivity contribution in [2.45, 2.75) is 26.4 Å².